The van der Waals surface area contributed by atoms with Crippen molar-refractivity contribution in [2.24, 2.45) is 5.92 Å². The van der Waals surface area contributed by atoms with E-state index in [2.05, 4.69) is 5.10 Å². The van der Waals surface area contributed by atoms with E-state index in [9.17, 15) is 13.2 Å². The molecule has 0 radical (unpaired) electrons. The monoisotopic (exact) mass is 438 g/mol. The van der Waals surface area contributed by atoms with E-state index in [4.69, 9.17) is 15.8 Å². The summed E-state index contributed by atoms with van der Waals surface area (Å²) < 4.78 is 30.1. The van der Waals surface area contributed by atoms with Crippen molar-refractivity contribution >= 4 is 33.1 Å². The van der Waals surface area contributed by atoms with Gasteiger partial charge in [-0.3, -0.25) is 4.79 Å². The number of carbonyl (C=O) groups excluding carboxylic acids is 1. The third-order valence-electron chi connectivity index (χ3n) is 4.59. The molecule has 0 saturated carbocycles. The summed E-state index contributed by atoms with van der Waals surface area (Å²) in [7, 11) is -3.83. The van der Waals surface area contributed by atoms with Crippen LogP contribution in [0.25, 0.3) is 5.57 Å². The highest BCUT2D eigenvalue weighted by Crippen LogP contribution is 2.33. The Bertz CT molecular complexity index is 1080. The van der Waals surface area contributed by atoms with Gasteiger partial charge < -0.3 is 4.18 Å². The third-order valence-corrected chi connectivity index (χ3v) is 5.36. The van der Waals surface area contributed by atoms with E-state index in [1.165, 1.54) is 10.9 Å². The number of halogens is 1. The Morgan fingerprint density at radius 1 is 1.21 bits per heavy atom. The maximum absolute atomic E-state index is 13.3. The highest BCUT2D eigenvalue weighted by Gasteiger charge is 2.26. The van der Waals surface area contributed by atoms with Crippen molar-refractivity contribution < 1.29 is 17.4 Å². The number of allylic oxidation sites excluding steroid dienone is 2. The topological polar surface area (TPSA) is 78.3 Å². The van der Waals surface area contributed by atoms with E-state index >= 15 is 0 Å². The fourth-order valence-corrected chi connectivity index (χ4v) is 3.83. The summed E-state index contributed by atoms with van der Waals surface area (Å²) >= 11 is 6.40. The van der Waals surface area contributed by atoms with E-state index in [0.717, 1.165) is 28.5 Å². The van der Waals surface area contributed by atoms with Gasteiger partial charge in [-0.05, 0) is 62.4 Å². The molecule has 0 amide bonds. The average molecular weight is 439 g/mol. The third kappa shape index (κ3) is 5.28. The van der Waals surface area contributed by atoms with Crippen LogP contribution in [-0.2, 0) is 16.7 Å². The lowest BCUT2D eigenvalue weighted by molar-refractivity contribution is 0.103. The minimum Gasteiger partial charge on any atom is -0.361 e. The van der Waals surface area contributed by atoms with Gasteiger partial charge in [-0.2, -0.15) is 13.5 Å². The Morgan fingerprint density at radius 2 is 1.83 bits per heavy atom. The van der Waals surface area contributed by atoms with Gasteiger partial charge in [-0.25, -0.2) is 4.68 Å². The van der Waals surface area contributed by atoms with Crippen molar-refractivity contribution in [1.29, 1.82) is 0 Å². The zero-order chi connectivity index (χ0) is 22.1. The van der Waals surface area contributed by atoms with Crippen LogP contribution in [0.5, 0.6) is 5.88 Å². The first kappa shape index (κ1) is 23.2. The maximum Gasteiger partial charge on any atom is 0.307 e. The van der Waals surface area contributed by atoms with Crippen LogP contribution in [0.4, 0.5) is 0 Å². The molecular weight excluding hydrogens is 412 g/mol. The molecule has 8 heteroatoms. The predicted molar refractivity (Wildman–Crippen MR) is 116 cm³/mol. The first-order valence-corrected chi connectivity index (χ1v) is 11.5. The first-order valence-electron chi connectivity index (χ1n) is 9.27. The van der Waals surface area contributed by atoms with Gasteiger partial charge in [0.05, 0.1) is 12.5 Å². The second-order valence-electron chi connectivity index (χ2n) is 7.78. The Balaban J connectivity index is 2.66. The average Bonchev–Trinajstić information content (AvgIpc) is 2.94. The van der Waals surface area contributed by atoms with Crippen LogP contribution in [0, 0.1) is 12.8 Å². The molecule has 6 nitrogen and oxygen atoms in total. The van der Waals surface area contributed by atoms with E-state index < -0.39 is 10.1 Å². The Morgan fingerprint density at radius 3 is 2.34 bits per heavy atom. The van der Waals surface area contributed by atoms with Gasteiger partial charge in [0.25, 0.3) is 0 Å². The highest BCUT2D eigenvalue weighted by atomic mass is 35.5. The lowest BCUT2D eigenvalue weighted by Crippen LogP contribution is -2.15. The van der Waals surface area contributed by atoms with E-state index in [1.54, 1.807) is 12.1 Å². The van der Waals surface area contributed by atoms with Crippen molar-refractivity contribution in [2.45, 2.75) is 48.1 Å². The summed E-state index contributed by atoms with van der Waals surface area (Å²) in [6, 6.07) is 3.32. The van der Waals surface area contributed by atoms with Crippen molar-refractivity contribution in [1.82, 2.24) is 9.78 Å². The van der Waals surface area contributed by atoms with Gasteiger partial charge in [-0.15, -0.1) is 0 Å². The van der Waals surface area contributed by atoms with Gasteiger partial charge >= 0.3 is 10.1 Å². The summed E-state index contributed by atoms with van der Waals surface area (Å²) in [6.07, 6.45) is 2.30. The largest absolute Gasteiger partial charge is 0.361 e. The molecule has 0 aliphatic heterocycles. The van der Waals surface area contributed by atoms with Crippen LogP contribution in [0.15, 0.2) is 23.9 Å². The molecule has 0 aliphatic carbocycles. The Hall–Kier alpha value is -2.12. The summed E-state index contributed by atoms with van der Waals surface area (Å²) in [5.74, 6) is -0.249. The Labute approximate surface area is 177 Å². The zero-order valence-corrected chi connectivity index (χ0v) is 19.4. The quantitative estimate of drug-likeness (QED) is 0.454. The molecule has 0 aliphatic rings. The Kier molecular flexibility index (Phi) is 6.96. The lowest BCUT2D eigenvalue weighted by Gasteiger charge is -2.15. The number of rotatable bonds is 7. The molecule has 0 spiro atoms. The van der Waals surface area contributed by atoms with E-state index in [0.29, 0.717) is 17.1 Å². The molecule has 0 fully saturated rings. The number of hydrogen-bond donors (Lipinski definition) is 0. The second kappa shape index (κ2) is 8.71. The van der Waals surface area contributed by atoms with Crippen LogP contribution >= 0.6 is 11.6 Å². The predicted octanol–water partition coefficient (Wildman–Crippen LogP) is 4.88. The molecule has 1 heterocycles. The molecule has 2 rings (SSSR count). The number of ketones is 1. The smallest absolute Gasteiger partial charge is 0.307 e. The van der Waals surface area contributed by atoms with Crippen LogP contribution in [0.1, 0.15) is 61.7 Å². The molecule has 0 bridgehead atoms. The van der Waals surface area contributed by atoms with E-state index in [1.807, 2.05) is 41.5 Å². The van der Waals surface area contributed by atoms with Crippen LogP contribution in [-0.4, -0.2) is 30.2 Å². The van der Waals surface area contributed by atoms with Crippen molar-refractivity contribution in [2.75, 3.05) is 6.26 Å². The van der Waals surface area contributed by atoms with Crippen LogP contribution < -0.4 is 4.18 Å². The number of nitrogens with zero attached hydrogens (tertiary/aromatic N) is 2. The summed E-state index contributed by atoms with van der Waals surface area (Å²) in [5, 5.41) is 4.75. The van der Waals surface area contributed by atoms with Gasteiger partial charge in [0, 0.05) is 17.1 Å². The van der Waals surface area contributed by atoms with Crippen molar-refractivity contribution in [3.05, 3.63) is 51.2 Å². The summed E-state index contributed by atoms with van der Waals surface area (Å²) in [4.78, 5) is 13.3. The van der Waals surface area contributed by atoms with Crippen molar-refractivity contribution in [3.63, 3.8) is 0 Å². The zero-order valence-electron chi connectivity index (χ0n) is 17.8. The first-order chi connectivity index (χ1) is 13.3. The number of benzene rings is 1. The maximum atomic E-state index is 13.3. The SMILES string of the molecule is CC(C)=C(C)c1c(Cl)ccc(C(=O)c2cnn(CC(C)C)c2OS(C)(=O)=O)c1C. The molecule has 29 heavy (non-hydrogen) atoms. The fourth-order valence-electron chi connectivity index (χ4n) is 3.02. The van der Waals surface area contributed by atoms with Crippen LogP contribution in [0.2, 0.25) is 5.02 Å². The minimum absolute atomic E-state index is 0.0685. The molecule has 0 saturated heterocycles. The highest BCUT2D eigenvalue weighted by molar-refractivity contribution is 7.86. The molecule has 1 aromatic heterocycles. The molecule has 158 valence electrons. The van der Waals surface area contributed by atoms with Gasteiger partial charge in [0.15, 0.2) is 5.78 Å². The molecule has 2 aromatic rings. The fraction of sp³-hybridized carbons (Fsp3) is 0.429. The molecule has 0 unspecified atom stereocenters. The van der Waals surface area contributed by atoms with Crippen LogP contribution in [0.3, 0.4) is 0 Å². The molecular formula is C21H27ClN2O4S. The number of aromatic nitrogens is 2. The standard InChI is InChI=1S/C21H27ClN2O4S/c1-12(2)11-24-21(28-29(7,26)27)17(10-23-24)20(25)16-8-9-18(22)19(15(16)6)14(5)13(3)4/h8-10,12H,11H2,1-7H3. The van der Waals surface area contributed by atoms with Gasteiger partial charge in [-0.1, -0.05) is 31.0 Å². The van der Waals surface area contributed by atoms with Gasteiger partial charge in [0.2, 0.25) is 5.88 Å². The lowest BCUT2D eigenvalue weighted by atomic mass is 9.92. The molecule has 1 aromatic carbocycles. The minimum atomic E-state index is -3.83. The number of hydrogen-bond acceptors (Lipinski definition) is 5. The van der Waals surface area contributed by atoms with E-state index in [-0.39, 0.29) is 23.1 Å². The molecule has 0 N–H and O–H groups in total. The molecule has 0 atom stereocenters. The second-order valence-corrected chi connectivity index (χ2v) is 9.76. The summed E-state index contributed by atoms with van der Waals surface area (Å²) in [5.41, 5.74) is 4.13. The number of carbonyl (C=O) groups is 1. The summed E-state index contributed by atoms with van der Waals surface area (Å²) in [6.45, 7) is 12.1. The normalized spacial score (nSPS) is 11.6. The van der Waals surface area contributed by atoms with Crippen molar-refractivity contribution in [3.8, 4) is 5.88 Å². The van der Waals surface area contributed by atoms with Gasteiger partial charge in [0.1, 0.15) is 5.56 Å².